The van der Waals surface area contributed by atoms with Crippen molar-refractivity contribution in [3.05, 3.63) is 28.8 Å². The van der Waals surface area contributed by atoms with Gasteiger partial charge in [-0.1, -0.05) is 11.6 Å². The zero-order valence-corrected chi connectivity index (χ0v) is 12.8. The van der Waals surface area contributed by atoms with Gasteiger partial charge in [0.15, 0.2) is 0 Å². The topological polar surface area (TPSA) is 92.7 Å². The van der Waals surface area contributed by atoms with Gasteiger partial charge in [-0.25, -0.2) is 13.2 Å². The van der Waals surface area contributed by atoms with E-state index in [4.69, 9.17) is 21.4 Å². The third-order valence-electron chi connectivity index (χ3n) is 3.15. The van der Waals surface area contributed by atoms with E-state index in [1.54, 1.807) is 0 Å². The molecule has 0 saturated carbocycles. The van der Waals surface area contributed by atoms with Crippen molar-refractivity contribution in [3.8, 4) is 0 Å². The number of benzene rings is 1. The molecule has 116 valence electrons. The molecule has 0 radical (unpaired) electrons. The Balaban J connectivity index is 2.05. The highest BCUT2D eigenvalue weighted by Gasteiger charge is 2.22. The minimum Gasteiger partial charge on any atom is -0.478 e. The molecule has 2 rings (SSSR count). The number of carboxylic acids is 1. The molecule has 1 aromatic carbocycles. The number of anilines is 1. The number of halogens is 1. The first-order valence-electron chi connectivity index (χ1n) is 6.52. The Morgan fingerprint density at radius 2 is 2.19 bits per heavy atom. The van der Waals surface area contributed by atoms with Crippen molar-refractivity contribution in [2.75, 3.05) is 17.1 Å². The van der Waals surface area contributed by atoms with Gasteiger partial charge >= 0.3 is 5.97 Å². The smallest absolute Gasteiger partial charge is 0.337 e. The second kappa shape index (κ2) is 6.64. The molecular weight excluding hydrogens is 318 g/mol. The van der Waals surface area contributed by atoms with Crippen LogP contribution < -0.4 is 4.72 Å². The Morgan fingerprint density at radius 1 is 1.43 bits per heavy atom. The maximum atomic E-state index is 12.0. The maximum Gasteiger partial charge on any atom is 0.337 e. The summed E-state index contributed by atoms with van der Waals surface area (Å²) in [5, 5.41) is 8.85. The van der Waals surface area contributed by atoms with Crippen LogP contribution in [0.4, 0.5) is 5.69 Å². The van der Waals surface area contributed by atoms with Crippen LogP contribution in [0.5, 0.6) is 0 Å². The highest BCUT2D eigenvalue weighted by atomic mass is 35.5. The molecule has 1 atom stereocenters. The molecule has 0 aliphatic carbocycles. The summed E-state index contributed by atoms with van der Waals surface area (Å²) in [6.45, 7) is 0.583. The first-order chi connectivity index (χ1) is 9.87. The Kier molecular flexibility index (Phi) is 5.08. The molecular formula is C13H16ClNO5S. The largest absolute Gasteiger partial charge is 0.478 e. The zero-order chi connectivity index (χ0) is 15.5. The molecule has 1 saturated heterocycles. The number of carboxylic acid groups (broad SMARTS) is 1. The number of carbonyl (C=O) groups is 1. The van der Waals surface area contributed by atoms with Gasteiger partial charge in [-0.05, 0) is 37.5 Å². The average Bonchev–Trinajstić information content (AvgIpc) is 2.38. The minimum absolute atomic E-state index is 0.0170. The van der Waals surface area contributed by atoms with Crippen molar-refractivity contribution in [2.24, 2.45) is 0 Å². The maximum absolute atomic E-state index is 12.0. The third-order valence-corrected chi connectivity index (χ3v) is 4.82. The van der Waals surface area contributed by atoms with Gasteiger partial charge in [0.05, 0.1) is 22.4 Å². The van der Waals surface area contributed by atoms with E-state index >= 15 is 0 Å². The second-order valence-electron chi connectivity index (χ2n) is 4.87. The van der Waals surface area contributed by atoms with Crippen LogP contribution in [0.2, 0.25) is 5.02 Å². The molecule has 0 spiro atoms. The summed E-state index contributed by atoms with van der Waals surface area (Å²) >= 11 is 5.80. The van der Waals surface area contributed by atoms with Crippen molar-refractivity contribution < 1.29 is 23.1 Å². The second-order valence-corrected chi connectivity index (χ2v) is 7.05. The number of sulfonamides is 1. The summed E-state index contributed by atoms with van der Waals surface area (Å²) in [4.78, 5) is 10.8. The molecule has 8 heteroatoms. The molecule has 6 nitrogen and oxygen atoms in total. The molecule has 0 bridgehead atoms. The molecule has 1 fully saturated rings. The van der Waals surface area contributed by atoms with Gasteiger partial charge in [0, 0.05) is 12.3 Å². The predicted molar refractivity (Wildman–Crippen MR) is 79.4 cm³/mol. The first-order valence-corrected chi connectivity index (χ1v) is 8.55. The van der Waals surface area contributed by atoms with Crippen LogP contribution in [-0.4, -0.2) is 38.0 Å². The van der Waals surface area contributed by atoms with Crippen LogP contribution in [-0.2, 0) is 14.8 Å². The van der Waals surface area contributed by atoms with E-state index in [2.05, 4.69) is 4.72 Å². The molecule has 21 heavy (non-hydrogen) atoms. The van der Waals surface area contributed by atoms with Crippen molar-refractivity contribution in [1.29, 1.82) is 0 Å². The van der Waals surface area contributed by atoms with E-state index in [1.165, 1.54) is 18.2 Å². The lowest BCUT2D eigenvalue weighted by atomic mass is 10.1. The number of rotatable bonds is 5. The lowest BCUT2D eigenvalue weighted by molar-refractivity contribution is 0.0306. The predicted octanol–water partition coefficient (Wildman–Crippen LogP) is 2.35. The van der Waals surface area contributed by atoms with E-state index in [9.17, 15) is 13.2 Å². The van der Waals surface area contributed by atoms with Gasteiger partial charge in [-0.2, -0.15) is 0 Å². The summed E-state index contributed by atoms with van der Waals surface area (Å²) in [5.41, 5.74) is 0.163. The Morgan fingerprint density at radius 3 is 2.76 bits per heavy atom. The van der Waals surface area contributed by atoms with E-state index in [0.717, 1.165) is 19.3 Å². The molecule has 2 N–H and O–H groups in total. The fourth-order valence-corrected chi connectivity index (χ4v) is 3.74. The average molecular weight is 334 g/mol. The molecule has 1 unspecified atom stereocenters. The van der Waals surface area contributed by atoms with Crippen molar-refractivity contribution in [3.63, 3.8) is 0 Å². The van der Waals surface area contributed by atoms with Gasteiger partial charge in [-0.3, -0.25) is 4.72 Å². The van der Waals surface area contributed by atoms with Crippen LogP contribution in [0, 0.1) is 0 Å². The molecule has 1 heterocycles. The van der Waals surface area contributed by atoms with Crippen molar-refractivity contribution >= 4 is 33.3 Å². The zero-order valence-electron chi connectivity index (χ0n) is 11.2. The van der Waals surface area contributed by atoms with E-state index in [-0.39, 0.29) is 28.1 Å². The van der Waals surface area contributed by atoms with Crippen LogP contribution >= 0.6 is 11.6 Å². The fraction of sp³-hybridized carbons (Fsp3) is 0.462. The normalized spacial score (nSPS) is 19.2. The molecule has 0 amide bonds. The van der Waals surface area contributed by atoms with Gasteiger partial charge < -0.3 is 9.84 Å². The number of ether oxygens (including phenoxy) is 1. The quantitative estimate of drug-likeness (QED) is 0.862. The number of nitrogens with one attached hydrogen (secondary N) is 1. The highest BCUT2D eigenvalue weighted by molar-refractivity contribution is 7.92. The third kappa shape index (κ3) is 4.59. The number of hydrogen-bond donors (Lipinski definition) is 2. The van der Waals surface area contributed by atoms with E-state index in [1.807, 2.05) is 0 Å². The van der Waals surface area contributed by atoms with Crippen molar-refractivity contribution in [2.45, 2.75) is 25.4 Å². The van der Waals surface area contributed by atoms with Crippen LogP contribution in [0.15, 0.2) is 18.2 Å². The fourth-order valence-electron chi connectivity index (χ4n) is 2.16. The Hall–Kier alpha value is -1.31. The molecule has 1 aromatic rings. The van der Waals surface area contributed by atoms with E-state index in [0.29, 0.717) is 6.61 Å². The Labute approximate surface area is 128 Å². The number of aromatic carboxylic acids is 1. The van der Waals surface area contributed by atoms with Crippen LogP contribution in [0.25, 0.3) is 0 Å². The number of hydrogen-bond acceptors (Lipinski definition) is 4. The standard InChI is InChI=1S/C13H16ClNO5S/c14-12-7-9(4-5-11(12)13(16)17)15-21(18,19)8-10-3-1-2-6-20-10/h4-5,7,10,15H,1-3,6,8H2,(H,16,17). The summed E-state index contributed by atoms with van der Waals surface area (Å²) in [5.74, 6) is -1.28. The summed E-state index contributed by atoms with van der Waals surface area (Å²) in [6.07, 6.45) is 2.33. The minimum atomic E-state index is -3.57. The molecule has 0 aromatic heterocycles. The van der Waals surface area contributed by atoms with Crippen molar-refractivity contribution in [1.82, 2.24) is 0 Å². The lowest BCUT2D eigenvalue weighted by Crippen LogP contribution is -2.30. The van der Waals surface area contributed by atoms with Crippen LogP contribution in [0.3, 0.4) is 0 Å². The summed E-state index contributed by atoms with van der Waals surface area (Å²) in [7, 11) is -3.57. The van der Waals surface area contributed by atoms with Gasteiger partial charge in [0.25, 0.3) is 0 Å². The lowest BCUT2D eigenvalue weighted by Gasteiger charge is -2.22. The van der Waals surface area contributed by atoms with E-state index < -0.39 is 16.0 Å². The Bertz CT molecular complexity index is 625. The van der Waals surface area contributed by atoms with Gasteiger partial charge in [0.2, 0.25) is 10.0 Å². The SMILES string of the molecule is O=C(O)c1ccc(NS(=O)(=O)CC2CCCCO2)cc1Cl. The first kappa shape index (κ1) is 16.1. The van der Waals surface area contributed by atoms with Gasteiger partial charge in [0.1, 0.15) is 0 Å². The monoisotopic (exact) mass is 333 g/mol. The molecule has 1 aliphatic heterocycles. The molecule has 1 aliphatic rings. The van der Waals surface area contributed by atoms with Gasteiger partial charge in [-0.15, -0.1) is 0 Å². The highest BCUT2D eigenvalue weighted by Crippen LogP contribution is 2.22. The summed E-state index contributed by atoms with van der Waals surface area (Å²) < 4.78 is 31.9. The summed E-state index contributed by atoms with van der Waals surface area (Å²) in [6, 6.07) is 3.92. The van der Waals surface area contributed by atoms with Crippen LogP contribution in [0.1, 0.15) is 29.6 Å².